The van der Waals surface area contributed by atoms with Crippen LogP contribution in [0.3, 0.4) is 0 Å². The minimum atomic E-state index is 1.33. The molecule has 22 heavy (non-hydrogen) atoms. The maximum atomic E-state index is 2.27. The fourth-order valence-corrected chi connectivity index (χ4v) is 2.94. The number of aryl methyl sites for hydroxylation is 2. The molecule has 0 heterocycles. The molecule has 3 rings (SSSR count). The fourth-order valence-electron chi connectivity index (χ4n) is 2.94. The second-order valence-corrected chi connectivity index (χ2v) is 5.21. The SMILES string of the molecule is CC.CC.Cc1c(C)c(C)c2c(ccc3ccccc32)c1C. The van der Waals surface area contributed by atoms with E-state index < -0.39 is 0 Å². The van der Waals surface area contributed by atoms with Crippen molar-refractivity contribution in [3.8, 4) is 0 Å². The summed E-state index contributed by atoms with van der Waals surface area (Å²) in [6, 6.07) is 13.2. The van der Waals surface area contributed by atoms with E-state index in [4.69, 9.17) is 0 Å². The van der Waals surface area contributed by atoms with Gasteiger partial charge in [-0.15, -0.1) is 0 Å². The lowest BCUT2D eigenvalue weighted by Crippen LogP contribution is -1.94. The molecule has 0 bridgehead atoms. The van der Waals surface area contributed by atoms with Crippen molar-refractivity contribution in [3.63, 3.8) is 0 Å². The smallest absolute Gasteiger partial charge is 0.00706 e. The number of hydrogen-bond acceptors (Lipinski definition) is 0. The van der Waals surface area contributed by atoms with Gasteiger partial charge < -0.3 is 0 Å². The molecular formula is C22H30. The minimum absolute atomic E-state index is 1.33. The molecule has 0 atom stereocenters. The summed E-state index contributed by atoms with van der Waals surface area (Å²) in [5, 5.41) is 5.53. The summed E-state index contributed by atoms with van der Waals surface area (Å²) < 4.78 is 0. The van der Waals surface area contributed by atoms with E-state index in [-0.39, 0.29) is 0 Å². The quantitative estimate of drug-likeness (QED) is 0.382. The lowest BCUT2D eigenvalue weighted by Gasteiger charge is -2.15. The Labute approximate surface area is 136 Å². The molecule has 0 N–H and O–H groups in total. The van der Waals surface area contributed by atoms with Crippen molar-refractivity contribution in [2.45, 2.75) is 55.4 Å². The van der Waals surface area contributed by atoms with Gasteiger partial charge in [-0.3, -0.25) is 0 Å². The summed E-state index contributed by atoms with van der Waals surface area (Å²) in [6.07, 6.45) is 0. The molecule has 0 heteroatoms. The van der Waals surface area contributed by atoms with Gasteiger partial charge in [0.05, 0.1) is 0 Å². The predicted molar refractivity (Wildman–Crippen MR) is 103 cm³/mol. The summed E-state index contributed by atoms with van der Waals surface area (Å²) in [5.41, 5.74) is 5.69. The Kier molecular flexibility index (Phi) is 6.61. The van der Waals surface area contributed by atoms with Crippen LogP contribution >= 0.6 is 0 Å². The summed E-state index contributed by atoms with van der Waals surface area (Å²) in [6.45, 7) is 16.9. The number of hydrogen-bond donors (Lipinski definition) is 0. The minimum Gasteiger partial charge on any atom is -0.0683 e. The molecule has 0 aliphatic rings. The highest BCUT2D eigenvalue weighted by molar-refractivity contribution is 6.10. The Hall–Kier alpha value is -1.82. The Morgan fingerprint density at radius 2 is 1.05 bits per heavy atom. The van der Waals surface area contributed by atoms with E-state index in [0.717, 1.165) is 0 Å². The third-order valence-corrected chi connectivity index (χ3v) is 4.40. The molecular weight excluding hydrogens is 264 g/mol. The van der Waals surface area contributed by atoms with E-state index in [1.54, 1.807) is 0 Å². The predicted octanol–water partition coefficient (Wildman–Crippen LogP) is 7.28. The van der Waals surface area contributed by atoms with Crippen molar-refractivity contribution in [1.82, 2.24) is 0 Å². The zero-order valence-electron chi connectivity index (χ0n) is 15.5. The Balaban J connectivity index is 0.000000561. The van der Waals surface area contributed by atoms with Crippen molar-refractivity contribution in [3.05, 3.63) is 58.7 Å². The van der Waals surface area contributed by atoms with E-state index in [9.17, 15) is 0 Å². The highest BCUT2D eigenvalue weighted by atomic mass is 14.1. The first-order valence-electron chi connectivity index (χ1n) is 8.49. The van der Waals surface area contributed by atoms with Crippen LogP contribution in [0.1, 0.15) is 49.9 Å². The van der Waals surface area contributed by atoms with Gasteiger partial charge in [-0.1, -0.05) is 64.1 Å². The molecule has 0 aliphatic heterocycles. The normalized spacial score (nSPS) is 9.82. The van der Waals surface area contributed by atoms with Crippen LogP contribution in [0, 0.1) is 27.7 Å². The van der Waals surface area contributed by atoms with Crippen LogP contribution in [0.15, 0.2) is 36.4 Å². The molecule has 0 amide bonds. The summed E-state index contributed by atoms with van der Waals surface area (Å²) >= 11 is 0. The highest BCUT2D eigenvalue weighted by Crippen LogP contribution is 2.34. The largest absolute Gasteiger partial charge is 0.0683 e. The first-order valence-corrected chi connectivity index (χ1v) is 8.49. The van der Waals surface area contributed by atoms with E-state index in [0.29, 0.717) is 0 Å². The van der Waals surface area contributed by atoms with E-state index >= 15 is 0 Å². The summed E-state index contributed by atoms with van der Waals surface area (Å²) in [4.78, 5) is 0. The molecule has 0 saturated carbocycles. The first-order chi connectivity index (χ1) is 10.6. The van der Waals surface area contributed by atoms with Crippen LogP contribution in [0.4, 0.5) is 0 Å². The van der Waals surface area contributed by atoms with Gasteiger partial charge in [-0.2, -0.15) is 0 Å². The van der Waals surface area contributed by atoms with E-state index in [1.807, 2.05) is 27.7 Å². The van der Waals surface area contributed by atoms with Crippen LogP contribution in [0.25, 0.3) is 21.5 Å². The van der Waals surface area contributed by atoms with Gasteiger partial charge in [0.1, 0.15) is 0 Å². The van der Waals surface area contributed by atoms with Crippen LogP contribution in [-0.2, 0) is 0 Å². The van der Waals surface area contributed by atoms with E-state index in [2.05, 4.69) is 64.1 Å². The van der Waals surface area contributed by atoms with Crippen molar-refractivity contribution < 1.29 is 0 Å². The molecule has 0 unspecified atom stereocenters. The molecule has 0 fully saturated rings. The summed E-state index contributed by atoms with van der Waals surface area (Å²) in [7, 11) is 0. The molecule has 0 radical (unpaired) electrons. The van der Waals surface area contributed by atoms with Gasteiger partial charge in [0.2, 0.25) is 0 Å². The van der Waals surface area contributed by atoms with Crippen LogP contribution in [0.5, 0.6) is 0 Å². The van der Waals surface area contributed by atoms with Crippen molar-refractivity contribution in [1.29, 1.82) is 0 Å². The number of rotatable bonds is 0. The third kappa shape index (κ3) is 3.02. The molecule has 0 saturated heterocycles. The van der Waals surface area contributed by atoms with Crippen molar-refractivity contribution in [2.75, 3.05) is 0 Å². The Morgan fingerprint density at radius 3 is 1.68 bits per heavy atom. The summed E-state index contributed by atoms with van der Waals surface area (Å²) in [5.74, 6) is 0. The van der Waals surface area contributed by atoms with Gasteiger partial charge >= 0.3 is 0 Å². The number of benzene rings is 3. The molecule has 0 aromatic heterocycles. The van der Waals surface area contributed by atoms with Gasteiger partial charge in [-0.05, 0) is 71.5 Å². The zero-order chi connectivity index (χ0) is 16.9. The van der Waals surface area contributed by atoms with Crippen LogP contribution in [0.2, 0.25) is 0 Å². The van der Waals surface area contributed by atoms with Gasteiger partial charge in [-0.25, -0.2) is 0 Å². The van der Waals surface area contributed by atoms with Gasteiger partial charge in [0.25, 0.3) is 0 Å². The standard InChI is InChI=1S/C18H18.2C2H6/c1-11-12(2)14(4)18-16(13(11)3)10-9-15-7-5-6-8-17(15)18;2*1-2/h5-10H,1-4H3;2*1-2H3. The van der Waals surface area contributed by atoms with Gasteiger partial charge in [0, 0.05) is 0 Å². The number of fused-ring (bicyclic) bond motifs is 3. The molecule has 118 valence electrons. The molecule has 0 spiro atoms. The molecule has 0 aliphatic carbocycles. The molecule has 0 nitrogen and oxygen atoms in total. The second kappa shape index (κ2) is 7.98. The monoisotopic (exact) mass is 294 g/mol. The second-order valence-electron chi connectivity index (χ2n) is 5.21. The maximum Gasteiger partial charge on any atom is -0.00706 e. The molecule has 3 aromatic rings. The van der Waals surface area contributed by atoms with Crippen molar-refractivity contribution in [2.24, 2.45) is 0 Å². The average molecular weight is 294 g/mol. The Bertz CT molecular complexity index is 764. The van der Waals surface area contributed by atoms with Crippen LogP contribution in [-0.4, -0.2) is 0 Å². The maximum absolute atomic E-state index is 2.27. The molecule has 3 aromatic carbocycles. The topological polar surface area (TPSA) is 0 Å². The lowest BCUT2D eigenvalue weighted by molar-refractivity contribution is 1.25. The first kappa shape index (κ1) is 18.2. The third-order valence-electron chi connectivity index (χ3n) is 4.40. The Morgan fingerprint density at radius 1 is 0.500 bits per heavy atom. The average Bonchev–Trinajstić information content (AvgIpc) is 2.60. The van der Waals surface area contributed by atoms with E-state index in [1.165, 1.54) is 43.8 Å². The lowest BCUT2D eigenvalue weighted by atomic mass is 9.89. The highest BCUT2D eigenvalue weighted by Gasteiger charge is 2.10. The zero-order valence-corrected chi connectivity index (χ0v) is 15.5. The van der Waals surface area contributed by atoms with Gasteiger partial charge in [0.15, 0.2) is 0 Å². The van der Waals surface area contributed by atoms with Crippen molar-refractivity contribution >= 4 is 21.5 Å². The van der Waals surface area contributed by atoms with Crippen LogP contribution < -0.4 is 0 Å². The fraction of sp³-hybridized carbons (Fsp3) is 0.364.